The van der Waals surface area contributed by atoms with Crippen molar-refractivity contribution in [3.05, 3.63) is 30.1 Å². The van der Waals surface area contributed by atoms with E-state index in [1.807, 2.05) is 36.1 Å². The molecule has 0 bridgehead atoms. The summed E-state index contributed by atoms with van der Waals surface area (Å²) in [5, 5.41) is 14.6. The molecule has 1 aromatic heterocycles. The second kappa shape index (κ2) is 11.3. The van der Waals surface area contributed by atoms with Crippen LogP contribution in [0, 0.1) is 5.92 Å². The number of rotatable bonds is 11. The number of methoxy groups -OCH3 is 1. The van der Waals surface area contributed by atoms with Crippen LogP contribution in [0.5, 0.6) is 0 Å². The number of unbranched alkanes of at least 4 members (excludes halogenated alkanes) is 1. The van der Waals surface area contributed by atoms with Crippen LogP contribution in [-0.4, -0.2) is 70.5 Å². The van der Waals surface area contributed by atoms with Crippen molar-refractivity contribution in [2.45, 2.75) is 71.1 Å². The van der Waals surface area contributed by atoms with Gasteiger partial charge >= 0.3 is 0 Å². The Hall–Kier alpha value is -1.96. The number of ether oxygens (including phenoxy) is 1. The topological polar surface area (TPSA) is 79.6 Å². The van der Waals surface area contributed by atoms with Gasteiger partial charge in [-0.15, -0.1) is 0 Å². The molecule has 0 aliphatic carbocycles. The second-order valence-electron chi connectivity index (χ2n) is 9.39. The number of hydrogen-bond donors (Lipinski definition) is 2. The molecule has 0 unspecified atom stereocenters. The number of hydrogen-bond acceptors (Lipinski definition) is 5. The van der Waals surface area contributed by atoms with Crippen molar-refractivity contribution >= 4 is 16.9 Å². The molecule has 2 heterocycles. The van der Waals surface area contributed by atoms with Gasteiger partial charge in [0.15, 0.2) is 5.82 Å². The van der Waals surface area contributed by atoms with E-state index in [2.05, 4.69) is 23.7 Å². The first-order valence-electron chi connectivity index (χ1n) is 12.1. The fourth-order valence-electron chi connectivity index (χ4n) is 4.92. The summed E-state index contributed by atoms with van der Waals surface area (Å²) >= 11 is 0. The maximum atomic E-state index is 14.2. The van der Waals surface area contributed by atoms with Crippen LogP contribution in [-0.2, 0) is 11.3 Å². The minimum absolute atomic E-state index is 0.0853. The average molecular weight is 445 g/mol. The number of amides is 1. The Morgan fingerprint density at radius 3 is 2.78 bits per heavy atom. The predicted octanol–water partition coefficient (Wildman–Crippen LogP) is 3.45. The highest BCUT2D eigenvalue weighted by Crippen LogP contribution is 2.32. The Balaban J connectivity index is 2.04. The lowest BCUT2D eigenvalue weighted by Crippen LogP contribution is -2.66. The maximum Gasteiger partial charge on any atom is 0.290 e. The first kappa shape index (κ1) is 24.7. The fourth-order valence-corrected chi connectivity index (χ4v) is 4.92. The Bertz CT molecular complexity index is 873. The normalized spacial score (nSPS) is 20.1. The Labute approximate surface area is 192 Å². The van der Waals surface area contributed by atoms with E-state index in [1.165, 1.54) is 0 Å². The summed E-state index contributed by atoms with van der Waals surface area (Å²) in [5.41, 5.74) is 1.19. The summed E-state index contributed by atoms with van der Waals surface area (Å²) in [6, 6.07) is 7.94. The number of carbonyl (C=O) groups is 1. The van der Waals surface area contributed by atoms with Crippen molar-refractivity contribution in [1.29, 1.82) is 0 Å². The van der Waals surface area contributed by atoms with Gasteiger partial charge in [-0.2, -0.15) is 0 Å². The van der Waals surface area contributed by atoms with Crippen molar-refractivity contribution in [2.75, 3.05) is 33.4 Å². The van der Waals surface area contributed by atoms with Crippen molar-refractivity contribution < 1.29 is 14.6 Å². The van der Waals surface area contributed by atoms with Crippen LogP contribution < -0.4 is 5.32 Å². The molecule has 7 heteroatoms. The van der Waals surface area contributed by atoms with Crippen LogP contribution in [0.1, 0.15) is 63.5 Å². The maximum absolute atomic E-state index is 14.2. The van der Waals surface area contributed by atoms with Gasteiger partial charge in [0.1, 0.15) is 0 Å². The van der Waals surface area contributed by atoms with E-state index in [4.69, 9.17) is 9.72 Å². The number of fused-ring (bicyclic) bond motifs is 1. The van der Waals surface area contributed by atoms with Gasteiger partial charge in [-0.05, 0) is 56.7 Å². The van der Waals surface area contributed by atoms with Gasteiger partial charge in [0.05, 0.1) is 22.7 Å². The Morgan fingerprint density at radius 1 is 1.34 bits per heavy atom. The minimum Gasteiger partial charge on any atom is -0.391 e. The highest BCUT2D eigenvalue weighted by molar-refractivity contribution is 5.95. The standard InChI is InChI=1S/C25H40N4O3/c1-5-22(30)25(13-10-14-26-18-25)29(17-19(2)3)24(31)23-27-20-11-6-7-12-21(20)28(23)15-8-9-16-32-4/h6-7,11-12,19,22,26,30H,5,8-10,13-18H2,1-4H3/t22-,25-/m1/s1. The second-order valence-corrected chi connectivity index (χ2v) is 9.39. The fraction of sp³-hybridized carbons (Fsp3) is 0.680. The van der Waals surface area contributed by atoms with Gasteiger partial charge in [0, 0.05) is 33.4 Å². The molecule has 1 fully saturated rings. The molecule has 0 radical (unpaired) electrons. The third-order valence-corrected chi connectivity index (χ3v) is 6.56. The molecular weight excluding hydrogens is 404 g/mol. The average Bonchev–Trinajstić information content (AvgIpc) is 3.18. The monoisotopic (exact) mass is 444 g/mol. The molecule has 32 heavy (non-hydrogen) atoms. The van der Waals surface area contributed by atoms with Crippen LogP contribution in [0.15, 0.2) is 24.3 Å². The lowest BCUT2D eigenvalue weighted by Gasteiger charge is -2.49. The summed E-state index contributed by atoms with van der Waals surface area (Å²) in [4.78, 5) is 20.9. The molecule has 1 amide bonds. The summed E-state index contributed by atoms with van der Waals surface area (Å²) in [5.74, 6) is 0.664. The first-order chi connectivity index (χ1) is 15.4. The molecule has 2 aromatic rings. The first-order valence-corrected chi connectivity index (χ1v) is 12.1. The van der Waals surface area contributed by atoms with Crippen molar-refractivity contribution in [1.82, 2.24) is 19.8 Å². The number of benzene rings is 1. The SMILES string of the molecule is CC[C@@H](O)[C@@]1(N(CC(C)C)C(=O)c2nc3ccccc3n2CCCCOC)CCCNC1. The summed E-state index contributed by atoms with van der Waals surface area (Å²) in [6.45, 7) is 9.75. The van der Waals surface area contributed by atoms with E-state index in [-0.39, 0.29) is 11.8 Å². The third-order valence-electron chi connectivity index (χ3n) is 6.56. The zero-order valence-electron chi connectivity index (χ0n) is 20.1. The molecule has 2 atom stereocenters. The number of para-hydroxylation sites is 2. The molecule has 0 spiro atoms. The zero-order chi connectivity index (χ0) is 23.1. The molecule has 1 saturated heterocycles. The Morgan fingerprint density at radius 2 is 2.12 bits per heavy atom. The van der Waals surface area contributed by atoms with Gasteiger partial charge in [-0.3, -0.25) is 4.79 Å². The summed E-state index contributed by atoms with van der Waals surface area (Å²) in [6.07, 6.45) is 3.58. The van der Waals surface area contributed by atoms with Crippen molar-refractivity contribution in [3.8, 4) is 0 Å². The van der Waals surface area contributed by atoms with Gasteiger partial charge in [-0.25, -0.2) is 4.98 Å². The summed E-state index contributed by atoms with van der Waals surface area (Å²) < 4.78 is 7.26. The van der Waals surface area contributed by atoms with E-state index < -0.39 is 11.6 Å². The number of imidazole rings is 1. The van der Waals surface area contributed by atoms with Crippen molar-refractivity contribution in [3.63, 3.8) is 0 Å². The van der Waals surface area contributed by atoms with Gasteiger partial charge in [-0.1, -0.05) is 32.9 Å². The molecule has 2 N–H and O–H groups in total. The molecule has 178 valence electrons. The quantitative estimate of drug-likeness (QED) is 0.519. The van der Waals surface area contributed by atoms with Gasteiger partial charge in [0.2, 0.25) is 0 Å². The minimum atomic E-state index is -0.618. The van der Waals surface area contributed by atoms with Crippen LogP contribution in [0.3, 0.4) is 0 Å². The zero-order valence-corrected chi connectivity index (χ0v) is 20.1. The number of aliphatic hydroxyl groups excluding tert-OH is 1. The molecule has 7 nitrogen and oxygen atoms in total. The number of aromatic nitrogens is 2. The lowest BCUT2D eigenvalue weighted by molar-refractivity contribution is -0.0408. The molecule has 0 saturated carbocycles. The van der Waals surface area contributed by atoms with Crippen molar-refractivity contribution in [2.24, 2.45) is 5.92 Å². The van der Waals surface area contributed by atoms with Gasteiger partial charge in [0.25, 0.3) is 5.91 Å². The highest BCUT2D eigenvalue weighted by Gasteiger charge is 2.47. The largest absolute Gasteiger partial charge is 0.391 e. The van der Waals surface area contributed by atoms with Crippen LogP contribution >= 0.6 is 0 Å². The van der Waals surface area contributed by atoms with Gasteiger partial charge < -0.3 is 24.6 Å². The molecule has 1 aromatic carbocycles. The molecular formula is C25H40N4O3. The van der Waals surface area contributed by atoms with E-state index in [0.717, 1.165) is 43.3 Å². The number of nitrogens with one attached hydrogen (secondary N) is 1. The molecule has 1 aliphatic rings. The predicted molar refractivity (Wildman–Crippen MR) is 128 cm³/mol. The van der Waals surface area contributed by atoms with E-state index in [1.54, 1.807) is 7.11 Å². The number of aryl methyl sites for hydroxylation is 1. The van der Waals surface area contributed by atoms with Crippen LogP contribution in [0.2, 0.25) is 0 Å². The van der Waals surface area contributed by atoms with E-state index >= 15 is 0 Å². The number of piperidine rings is 1. The Kier molecular flexibility index (Phi) is 8.68. The third kappa shape index (κ3) is 5.16. The van der Waals surface area contributed by atoms with E-state index in [9.17, 15) is 9.90 Å². The molecule has 1 aliphatic heterocycles. The van der Waals surface area contributed by atoms with E-state index in [0.29, 0.717) is 38.5 Å². The lowest BCUT2D eigenvalue weighted by atomic mass is 9.80. The van der Waals surface area contributed by atoms with Crippen LogP contribution in [0.25, 0.3) is 11.0 Å². The summed E-state index contributed by atoms with van der Waals surface area (Å²) in [7, 11) is 1.71. The highest BCUT2D eigenvalue weighted by atomic mass is 16.5. The number of aliphatic hydroxyl groups is 1. The van der Waals surface area contributed by atoms with Crippen LogP contribution in [0.4, 0.5) is 0 Å². The number of carbonyl (C=O) groups excluding carboxylic acids is 1. The number of nitrogens with zero attached hydrogens (tertiary/aromatic N) is 3. The smallest absolute Gasteiger partial charge is 0.290 e. The molecule has 3 rings (SSSR count).